The first kappa shape index (κ1) is 20.5. The molecule has 2 aromatic heterocycles. The lowest BCUT2D eigenvalue weighted by Crippen LogP contribution is -2.22. The summed E-state index contributed by atoms with van der Waals surface area (Å²) in [6.45, 7) is 6.09. The fourth-order valence-corrected chi connectivity index (χ4v) is 2.97. The van der Waals surface area contributed by atoms with Gasteiger partial charge >= 0.3 is 5.97 Å². The molecule has 0 radical (unpaired) electrons. The van der Waals surface area contributed by atoms with E-state index in [9.17, 15) is 14.4 Å². The highest BCUT2D eigenvalue weighted by atomic mass is 16.5. The number of ketones is 1. The third kappa shape index (κ3) is 4.62. The Bertz CT molecular complexity index is 1100. The average molecular weight is 395 g/mol. The van der Waals surface area contributed by atoms with Crippen molar-refractivity contribution >= 4 is 22.8 Å². The molecule has 7 heteroatoms. The maximum atomic E-state index is 12.8. The molecule has 2 heterocycles. The molecule has 0 saturated heterocycles. The Kier molecular flexibility index (Phi) is 5.68. The molecule has 0 aliphatic heterocycles. The summed E-state index contributed by atoms with van der Waals surface area (Å²) < 4.78 is 6.25. The van der Waals surface area contributed by atoms with Crippen molar-refractivity contribution in [3.05, 3.63) is 63.8 Å². The quantitative estimate of drug-likeness (QED) is 0.648. The zero-order valence-electron chi connectivity index (χ0n) is 17.1. The summed E-state index contributed by atoms with van der Waals surface area (Å²) in [5.74, 6) is -0.282. The summed E-state index contributed by atoms with van der Waals surface area (Å²) in [7, 11) is 1.34. The highest BCUT2D eigenvalue weighted by Crippen LogP contribution is 2.19. The lowest BCUT2D eigenvalue weighted by Gasteiger charge is -2.15. The van der Waals surface area contributed by atoms with Crippen molar-refractivity contribution < 1.29 is 14.3 Å². The van der Waals surface area contributed by atoms with E-state index in [2.05, 4.69) is 14.7 Å². The van der Waals surface area contributed by atoms with Crippen molar-refractivity contribution in [2.45, 2.75) is 40.2 Å². The van der Waals surface area contributed by atoms with Crippen LogP contribution in [0.3, 0.4) is 0 Å². The van der Waals surface area contributed by atoms with Gasteiger partial charge in [0.05, 0.1) is 24.4 Å². The molecule has 0 atom stereocenters. The highest BCUT2D eigenvalue weighted by Gasteiger charge is 2.22. The molecule has 3 rings (SSSR count). The predicted octanol–water partition coefficient (Wildman–Crippen LogP) is 2.91. The maximum absolute atomic E-state index is 12.8. The molecule has 0 unspecified atom stereocenters. The van der Waals surface area contributed by atoms with Gasteiger partial charge in [-0.05, 0) is 30.2 Å². The number of nitrogens with zero attached hydrogens (tertiary/aromatic N) is 2. The number of esters is 1. The minimum Gasteiger partial charge on any atom is -0.465 e. The molecular formula is C22H25N3O4. The molecule has 0 fully saturated rings. The molecule has 1 aromatic carbocycles. The van der Waals surface area contributed by atoms with Crippen LogP contribution in [-0.2, 0) is 28.9 Å². The van der Waals surface area contributed by atoms with E-state index in [4.69, 9.17) is 0 Å². The number of benzene rings is 1. The molecule has 0 amide bonds. The monoisotopic (exact) mass is 395 g/mol. The van der Waals surface area contributed by atoms with Crippen molar-refractivity contribution in [2.75, 3.05) is 7.11 Å². The minimum absolute atomic E-state index is 0.0970. The third-order valence-electron chi connectivity index (χ3n) is 4.87. The van der Waals surface area contributed by atoms with Crippen LogP contribution in [0.2, 0.25) is 0 Å². The van der Waals surface area contributed by atoms with E-state index in [0.717, 1.165) is 5.56 Å². The Hall–Kier alpha value is -3.22. The van der Waals surface area contributed by atoms with Gasteiger partial charge < -0.3 is 9.72 Å². The van der Waals surface area contributed by atoms with Crippen molar-refractivity contribution in [3.63, 3.8) is 0 Å². The smallest absolute Gasteiger partial charge is 0.337 e. The number of rotatable bonds is 6. The number of methoxy groups -OCH3 is 1. The number of H-pyrrole nitrogens is 1. The van der Waals surface area contributed by atoms with Crippen LogP contribution in [-0.4, -0.2) is 33.4 Å². The number of aromatic nitrogens is 3. The van der Waals surface area contributed by atoms with Crippen LogP contribution < -0.4 is 5.56 Å². The van der Waals surface area contributed by atoms with E-state index in [-0.39, 0.29) is 23.7 Å². The molecular weight excluding hydrogens is 370 g/mol. The summed E-state index contributed by atoms with van der Waals surface area (Å²) in [5, 5.41) is 0.477. The Labute approximate surface area is 168 Å². The number of carbonyl (C=O) groups is 2. The van der Waals surface area contributed by atoms with Gasteiger partial charge in [-0.1, -0.05) is 32.9 Å². The molecule has 29 heavy (non-hydrogen) atoms. The Morgan fingerprint density at radius 2 is 1.86 bits per heavy atom. The SMILES string of the molecule is COC(=O)c1ccc(CCn2cnc3[nH]c(CC(=O)C(C)(C)C)cc3c2=O)cc1. The fourth-order valence-electron chi connectivity index (χ4n) is 2.97. The highest BCUT2D eigenvalue weighted by molar-refractivity contribution is 5.89. The summed E-state index contributed by atoms with van der Waals surface area (Å²) in [4.78, 5) is 43.9. The van der Waals surface area contributed by atoms with Gasteiger partial charge in [-0.2, -0.15) is 0 Å². The Morgan fingerprint density at radius 3 is 2.48 bits per heavy atom. The second-order valence-corrected chi connectivity index (χ2v) is 8.09. The van der Waals surface area contributed by atoms with Crippen molar-refractivity contribution in [1.82, 2.24) is 14.5 Å². The number of aromatic amines is 1. The van der Waals surface area contributed by atoms with Gasteiger partial charge in [-0.25, -0.2) is 9.78 Å². The predicted molar refractivity (Wildman–Crippen MR) is 110 cm³/mol. The summed E-state index contributed by atoms with van der Waals surface area (Å²) in [5.41, 5.74) is 2.09. The van der Waals surface area contributed by atoms with Crippen LogP contribution in [0.1, 0.15) is 42.4 Å². The number of Topliss-reactive ketones (excluding diaryl/α,β-unsaturated/α-hetero) is 1. The van der Waals surface area contributed by atoms with Gasteiger partial charge in [0.1, 0.15) is 11.4 Å². The zero-order chi connectivity index (χ0) is 21.2. The number of ether oxygens (including phenoxy) is 1. The van der Waals surface area contributed by atoms with Crippen LogP contribution in [0.15, 0.2) is 41.5 Å². The minimum atomic E-state index is -0.436. The molecule has 1 N–H and O–H groups in total. The number of carbonyl (C=O) groups excluding carboxylic acids is 2. The van der Waals surface area contributed by atoms with E-state index >= 15 is 0 Å². The first-order valence-electron chi connectivity index (χ1n) is 9.46. The molecule has 0 saturated carbocycles. The lowest BCUT2D eigenvalue weighted by atomic mass is 9.88. The molecule has 152 valence electrons. The molecule has 0 aliphatic rings. The van der Waals surface area contributed by atoms with Crippen molar-refractivity contribution in [3.8, 4) is 0 Å². The Balaban J connectivity index is 1.75. The van der Waals surface area contributed by atoms with E-state index in [1.807, 2.05) is 32.9 Å². The molecule has 0 aliphatic carbocycles. The normalized spacial score (nSPS) is 11.6. The van der Waals surface area contributed by atoms with Crippen LogP contribution >= 0.6 is 0 Å². The fraction of sp³-hybridized carbons (Fsp3) is 0.364. The van der Waals surface area contributed by atoms with Crippen LogP contribution in [0.4, 0.5) is 0 Å². The van der Waals surface area contributed by atoms with Crippen LogP contribution in [0.25, 0.3) is 11.0 Å². The zero-order valence-corrected chi connectivity index (χ0v) is 17.1. The van der Waals surface area contributed by atoms with Crippen molar-refractivity contribution in [1.29, 1.82) is 0 Å². The second kappa shape index (κ2) is 8.03. The summed E-state index contributed by atoms with van der Waals surface area (Å²) >= 11 is 0. The molecule has 0 spiro atoms. The maximum Gasteiger partial charge on any atom is 0.337 e. The molecule has 0 bridgehead atoms. The Morgan fingerprint density at radius 1 is 1.17 bits per heavy atom. The standard InChI is InChI=1S/C22H25N3O4/c1-22(2,3)18(26)12-16-11-17-19(24-16)23-13-25(20(17)27)10-9-14-5-7-15(8-6-14)21(28)29-4/h5-8,11,13,24H,9-10,12H2,1-4H3. The van der Waals surface area contributed by atoms with E-state index in [1.54, 1.807) is 22.8 Å². The van der Waals surface area contributed by atoms with E-state index < -0.39 is 5.41 Å². The van der Waals surface area contributed by atoms with Gasteiger partial charge in [0.25, 0.3) is 5.56 Å². The number of fused-ring (bicyclic) bond motifs is 1. The number of aryl methyl sites for hydroxylation is 2. The van der Waals surface area contributed by atoms with Gasteiger partial charge in [-0.3, -0.25) is 14.2 Å². The number of hydrogen-bond acceptors (Lipinski definition) is 5. The van der Waals surface area contributed by atoms with Crippen molar-refractivity contribution in [2.24, 2.45) is 5.41 Å². The number of hydrogen-bond donors (Lipinski definition) is 1. The van der Waals surface area contributed by atoms with Crippen LogP contribution in [0.5, 0.6) is 0 Å². The molecule has 7 nitrogen and oxygen atoms in total. The van der Waals surface area contributed by atoms with Gasteiger partial charge in [0.15, 0.2) is 0 Å². The topological polar surface area (TPSA) is 94.1 Å². The average Bonchev–Trinajstić information content (AvgIpc) is 3.10. The third-order valence-corrected chi connectivity index (χ3v) is 4.87. The summed E-state index contributed by atoms with van der Waals surface area (Å²) in [6.07, 6.45) is 2.37. The van der Waals surface area contributed by atoms with Gasteiger partial charge in [-0.15, -0.1) is 0 Å². The first-order valence-corrected chi connectivity index (χ1v) is 9.46. The van der Waals surface area contributed by atoms with Crippen LogP contribution in [0, 0.1) is 5.41 Å². The summed E-state index contributed by atoms with van der Waals surface area (Å²) in [6, 6.07) is 8.81. The first-order chi connectivity index (χ1) is 13.7. The van der Waals surface area contributed by atoms with Gasteiger partial charge in [0, 0.05) is 24.1 Å². The van der Waals surface area contributed by atoms with E-state index in [1.165, 1.54) is 13.4 Å². The van der Waals surface area contributed by atoms with Gasteiger partial charge in [0.2, 0.25) is 0 Å². The largest absolute Gasteiger partial charge is 0.465 e. The lowest BCUT2D eigenvalue weighted by molar-refractivity contribution is -0.125. The second-order valence-electron chi connectivity index (χ2n) is 8.09. The number of nitrogens with one attached hydrogen (secondary N) is 1. The van der Waals surface area contributed by atoms with E-state index in [0.29, 0.717) is 35.3 Å². The molecule has 3 aromatic rings.